The quantitative estimate of drug-likeness (QED) is 0.902. The second-order valence-electron chi connectivity index (χ2n) is 3.79. The Kier molecular flexibility index (Phi) is 3.74. The van der Waals surface area contributed by atoms with Gasteiger partial charge in [0.2, 0.25) is 0 Å². The van der Waals surface area contributed by atoms with E-state index in [4.69, 9.17) is 0 Å². The van der Waals surface area contributed by atoms with Crippen molar-refractivity contribution in [2.45, 2.75) is 26.2 Å². The molecule has 0 aliphatic carbocycles. The molecule has 0 amide bonds. The van der Waals surface area contributed by atoms with Crippen molar-refractivity contribution in [3.8, 4) is 10.6 Å². The molecule has 2 heterocycles. The summed E-state index contributed by atoms with van der Waals surface area (Å²) in [5.74, 6) is 0.194. The van der Waals surface area contributed by atoms with Crippen molar-refractivity contribution < 1.29 is 5.11 Å². The van der Waals surface area contributed by atoms with Crippen molar-refractivity contribution >= 4 is 22.7 Å². The Balaban J connectivity index is 2.29. The smallest absolute Gasteiger partial charge is 0.0986 e. The van der Waals surface area contributed by atoms with Crippen LogP contribution in [0.2, 0.25) is 0 Å². The molecule has 0 saturated heterocycles. The molecule has 0 bridgehead atoms. The van der Waals surface area contributed by atoms with E-state index in [1.807, 2.05) is 0 Å². The van der Waals surface area contributed by atoms with Gasteiger partial charge >= 0.3 is 0 Å². The lowest BCUT2D eigenvalue weighted by Gasteiger charge is -2.06. The van der Waals surface area contributed by atoms with Crippen LogP contribution in [0.5, 0.6) is 0 Å². The normalized spacial score (nSPS) is 12.9. The highest BCUT2D eigenvalue weighted by atomic mass is 32.1. The highest BCUT2D eigenvalue weighted by Crippen LogP contribution is 2.32. The Morgan fingerprint density at radius 2 is 2.25 bits per heavy atom. The number of nitrogens with zero attached hydrogens (tertiary/aromatic N) is 1. The number of rotatable bonds is 4. The molecule has 4 heteroatoms. The molecule has 0 radical (unpaired) electrons. The number of thiazole rings is 1. The summed E-state index contributed by atoms with van der Waals surface area (Å²) in [6, 6.07) is 2.11. The SMILES string of the molecule is CCC(CO)c1nc(-c2sccc2C)cs1. The van der Waals surface area contributed by atoms with E-state index in [1.165, 1.54) is 10.4 Å². The zero-order chi connectivity index (χ0) is 11.5. The van der Waals surface area contributed by atoms with Crippen LogP contribution < -0.4 is 0 Å². The van der Waals surface area contributed by atoms with Crippen molar-refractivity contribution in [2.75, 3.05) is 6.61 Å². The van der Waals surface area contributed by atoms with Gasteiger partial charge in [0.1, 0.15) is 0 Å². The first-order valence-corrected chi connectivity index (χ1v) is 7.13. The Labute approximate surface area is 104 Å². The third kappa shape index (κ3) is 2.19. The number of thiophene rings is 1. The van der Waals surface area contributed by atoms with Crippen LogP contribution in [0.3, 0.4) is 0 Å². The lowest BCUT2D eigenvalue weighted by Crippen LogP contribution is -2.01. The summed E-state index contributed by atoms with van der Waals surface area (Å²) < 4.78 is 0. The minimum absolute atomic E-state index is 0.187. The zero-order valence-corrected chi connectivity index (χ0v) is 11.1. The van der Waals surface area contributed by atoms with Gasteiger partial charge in [-0.3, -0.25) is 0 Å². The van der Waals surface area contributed by atoms with Gasteiger partial charge in [-0.25, -0.2) is 4.98 Å². The van der Waals surface area contributed by atoms with E-state index < -0.39 is 0 Å². The van der Waals surface area contributed by atoms with Gasteiger partial charge in [-0.15, -0.1) is 22.7 Å². The molecular weight excluding hydrogens is 238 g/mol. The maximum absolute atomic E-state index is 9.24. The van der Waals surface area contributed by atoms with E-state index in [1.54, 1.807) is 22.7 Å². The molecule has 86 valence electrons. The van der Waals surface area contributed by atoms with E-state index in [9.17, 15) is 5.11 Å². The summed E-state index contributed by atoms with van der Waals surface area (Å²) >= 11 is 3.37. The number of aliphatic hydroxyl groups is 1. The molecule has 0 saturated carbocycles. The van der Waals surface area contributed by atoms with E-state index in [2.05, 4.69) is 35.7 Å². The fourth-order valence-corrected chi connectivity index (χ4v) is 3.55. The van der Waals surface area contributed by atoms with Gasteiger partial charge in [0.15, 0.2) is 0 Å². The average Bonchev–Trinajstić information content (AvgIpc) is 2.89. The predicted octanol–water partition coefficient (Wildman–Crippen LogP) is 3.67. The number of hydrogen-bond acceptors (Lipinski definition) is 4. The number of aliphatic hydroxyl groups excluding tert-OH is 1. The molecular formula is C12H15NOS2. The van der Waals surface area contributed by atoms with Crippen molar-refractivity contribution in [3.63, 3.8) is 0 Å². The van der Waals surface area contributed by atoms with Crippen LogP contribution >= 0.6 is 22.7 Å². The maximum Gasteiger partial charge on any atom is 0.0986 e. The van der Waals surface area contributed by atoms with Crippen LogP contribution in [-0.2, 0) is 0 Å². The summed E-state index contributed by atoms with van der Waals surface area (Å²) in [5, 5.41) is 14.5. The van der Waals surface area contributed by atoms with Gasteiger partial charge in [0.05, 0.1) is 22.2 Å². The summed E-state index contributed by atoms with van der Waals surface area (Å²) in [6.07, 6.45) is 0.937. The van der Waals surface area contributed by atoms with Crippen molar-refractivity contribution in [1.82, 2.24) is 4.98 Å². The van der Waals surface area contributed by atoms with Crippen LogP contribution in [0.4, 0.5) is 0 Å². The minimum Gasteiger partial charge on any atom is -0.396 e. The zero-order valence-electron chi connectivity index (χ0n) is 9.43. The highest BCUT2D eigenvalue weighted by Gasteiger charge is 2.14. The number of aromatic nitrogens is 1. The van der Waals surface area contributed by atoms with E-state index in [0.717, 1.165) is 17.1 Å². The largest absolute Gasteiger partial charge is 0.396 e. The highest BCUT2D eigenvalue weighted by molar-refractivity contribution is 7.14. The van der Waals surface area contributed by atoms with Crippen LogP contribution in [0.25, 0.3) is 10.6 Å². The van der Waals surface area contributed by atoms with Gasteiger partial charge in [-0.05, 0) is 30.4 Å². The van der Waals surface area contributed by atoms with E-state index >= 15 is 0 Å². The van der Waals surface area contributed by atoms with Gasteiger partial charge in [0, 0.05) is 11.3 Å². The van der Waals surface area contributed by atoms with Gasteiger partial charge < -0.3 is 5.11 Å². The fourth-order valence-electron chi connectivity index (χ4n) is 1.60. The molecule has 0 aliphatic heterocycles. The first-order valence-electron chi connectivity index (χ1n) is 5.37. The standard InChI is InChI=1S/C12H15NOS2/c1-3-9(6-14)12-13-10(7-16-12)11-8(2)4-5-15-11/h4-5,7,9,14H,3,6H2,1-2H3. The maximum atomic E-state index is 9.24. The van der Waals surface area contributed by atoms with Gasteiger partial charge in [-0.1, -0.05) is 6.92 Å². The van der Waals surface area contributed by atoms with Gasteiger partial charge in [-0.2, -0.15) is 0 Å². The van der Waals surface area contributed by atoms with Crippen LogP contribution in [0.15, 0.2) is 16.8 Å². The van der Waals surface area contributed by atoms with Crippen molar-refractivity contribution in [2.24, 2.45) is 0 Å². The van der Waals surface area contributed by atoms with Crippen molar-refractivity contribution in [1.29, 1.82) is 0 Å². The summed E-state index contributed by atoms with van der Waals surface area (Å²) in [6.45, 7) is 4.37. The average molecular weight is 253 g/mol. The lowest BCUT2D eigenvalue weighted by atomic mass is 10.1. The van der Waals surface area contributed by atoms with E-state index in [0.29, 0.717) is 0 Å². The molecule has 16 heavy (non-hydrogen) atoms. The number of aryl methyl sites for hydroxylation is 1. The molecule has 1 N–H and O–H groups in total. The molecule has 0 aliphatic rings. The summed E-state index contributed by atoms with van der Waals surface area (Å²) in [5.41, 5.74) is 2.33. The fraction of sp³-hybridized carbons (Fsp3) is 0.417. The van der Waals surface area contributed by atoms with Crippen LogP contribution in [0, 0.1) is 6.92 Å². The Morgan fingerprint density at radius 3 is 2.81 bits per heavy atom. The molecule has 2 aromatic heterocycles. The summed E-state index contributed by atoms with van der Waals surface area (Å²) in [4.78, 5) is 5.87. The number of hydrogen-bond donors (Lipinski definition) is 1. The first-order chi connectivity index (χ1) is 7.76. The Morgan fingerprint density at radius 1 is 1.44 bits per heavy atom. The monoisotopic (exact) mass is 253 g/mol. The second kappa shape index (κ2) is 5.08. The third-order valence-electron chi connectivity index (χ3n) is 2.68. The molecule has 2 aromatic rings. The Hall–Kier alpha value is -0.710. The predicted molar refractivity (Wildman–Crippen MR) is 70.3 cm³/mol. The molecule has 1 atom stereocenters. The van der Waals surface area contributed by atoms with Crippen LogP contribution in [-0.4, -0.2) is 16.7 Å². The molecule has 2 rings (SSSR count). The molecule has 2 nitrogen and oxygen atoms in total. The molecule has 0 spiro atoms. The van der Waals surface area contributed by atoms with Crippen LogP contribution in [0.1, 0.15) is 29.8 Å². The first kappa shape index (κ1) is 11.8. The van der Waals surface area contributed by atoms with Gasteiger partial charge in [0.25, 0.3) is 0 Å². The molecule has 1 unspecified atom stereocenters. The second-order valence-corrected chi connectivity index (χ2v) is 5.60. The Bertz CT molecular complexity index is 457. The third-order valence-corrected chi connectivity index (χ3v) is 4.73. The van der Waals surface area contributed by atoms with Crippen molar-refractivity contribution in [3.05, 3.63) is 27.4 Å². The lowest BCUT2D eigenvalue weighted by molar-refractivity contribution is 0.262. The van der Waals surface area contributed by atoms with E-state index in [-0.39, 0.29) is 12.5 Å². The minimum atomic E-state index is 0.187. The summed E-state index contributed by atoms with van der Waals surface area (Å²) in [7, 11) is 0. The topological polar surface area (TPSA) is 33.1 Å². The molecule has 0 aromatic carbocycles. The molecule has 0 fully saturated rings.